The Balaban J connectivity index is 2.04. The zero-order valence-electron chi connectivity index (χ0n) is 16.6. The van der Waals surface area contributed by atoms with E-state index in [9.17, 15) is 9.59 Å². The Morgan fingerprint density at radius 2 is 1.96 bits per heavy atom. The van der Waals surface area contributed by atoms with E-state index in [0.29, 0.717) is 23.0 Å². The number of benzene rings is 1. The summed E-state index contributed by atoms with van der Waals surface area (Å²) >= 11 is 0. The van der Waals surface area contributed by atoms with Gasteiger partial charge in [0.05, 0.1) is 20.8 Å². The van der Waals surface area contributed by atoms with Crippen molar-refractivity contribution in [2.45, 2.75) is 32.2 Å². The van der Waals surface area contributed by atoms with Crippen molar-refractivity contribution in [3.63, 3.8) is 0 Å². The minimum atomic E-state index is -1.07. The van der Waals surface area contributed by atoms with Gasteiger partial charge in [0.2, 0.25) is 11.9 Å². The van der Waals surface area contributed by atoms with Gasteiger partial charge in [-0.2, -0.15) is 0 Å². The molecule has 8 heteroatoms. The van der Waals surface area contributed by atoms with Gasteiger partial charge < -0.3 is 19.1 Å². The number of aliphatic imine (C=N–C) groups is 1. The number of guanidine groups is 1. The molecule has 0 radical (unpaired) electrons. The molecule has 0 unspecified atom stereocenters. The molecule has 2 aliphatic rings. The fourth-order valence-corrected chi connectivity index (χ4v) is 3.62. The van der Waals surface area contributed by atoms with Crippen LogP contribution in [0.4, 0.5) is 0 Å². The van der Waals surface area contributed by atoms with Crippen LogP contribution in [-0.4, -0.2) is 56.7 Å². The minimum absolute atomic E-state index is 0.192. The number of carbonyl (C=O) groups excluding carboxylic acids is 2. The van der Waals surface area contributed by atoms with Crippen molar-refractivity contribution in [1.82, 2.24) is 10.2 Å². The molecule has 0 spiro atoms. The lowest BCUT2D eigenvalue weighted by molar-refractivity contribution is -0.153. The molecule has 0 aliphatic carbocycles. The monoisotopic (exact) mass is 389 g/mol. The van der Waals surface area contributed by atoms with Gasteiger partial charge in [0.15, 0.2) is 5.92 Å². The zero-order valence-corrected chi connectivity index (χ0v) is 16.6. The molecule has 1 fully saturated rings. The molecule has 3 rings (SSSR count). The topological polar surface area (TPSA) is 89.5 Å². The first-order valence-electron chi connectivity index (χ1n) is 9.61. The van der Waals surface area contributed by atoms with E-state index in [1.54, 1.807) is 32.2 Å². The van der Waals surface area contributed by atoms with Crippen molar-refractivity contribution >= 4 is 17.8 Å². The Bertz CT molecular complexity index is 758. The van der Waals surface area contributed by atoms with Crippen LogP contribution in [0.5, 0.6) is 11.5 Å². The number of carbonyl (C=O) groups is 2. The third-order valence-corrected chi connectivity index (χ3v) is 5.05. The van der Waals surface area contributed by atoms with Crippen LogP contribution in [0.25, 0.3) is 0 Å². The van der Waals surface area contributed by atoms with Crippen LogP contribution in [0.15, 0.2) is 23.2 Å². The number of nitrogens with one attached hydrogen (secondary N) is 1. The van der Waals surface area contributed by atoms with Gasteiger partial charge in [0.1, 0.15) is 17.5 Å². The highest BCUT2D eigenvalue weighted by Gasteiger charge is 2.43. The molecule has 1 aromatic rings. The van der Waals surface area contributed by atoms with E-state index in [2.05, 4.69) is 10.2 Å². The number of rotatable bonds is 5. The van der Waals surface area contributed by atoms with Crippen molar-refractivity contribution in [2.24, 2.45) is 10.9 Å². The highest BCUT2D eigenvalue weighted by molar-refractivity contribution is 6.08. The third kappa shape index (κ3) is 4.05. The molecular formula is C20H27N3O5. The first kappa shape index (κ1) is 20.0. The second kappa shape index (κ2) is 8.95. The zero-order chi connectivity index (χ0) is 20.1. The van der Waals surface area contributed by atoms with Gasteiger partial charge >= 0.3 is 5.97 Å². The van der Waals surface area contributed by atoms with Crippen molar-refractivity contribution in [2.75, 3.05) is 33.9 Å². The molecule has 0 aromatic heterocycles. The highest BCUT2D eigenvalue weighted by Crippen LogP contribution is 2.38. The summed E-state index contributed by atoms with van der Waals surface area (Å²) in [6.45, 7) is 3.56. The Kier molecular flexibility index (Phi) is 6.38. The molecule has 0 bridgehead atoms. The van der Waals surface area contributed by atoms with E-state index in [1.165, 1.54) is 13.5 Å². The lowest BCUT2D eigenvalue weighted by Gasteiger charge is -2.35. The standard InChI is InChI=1S/C20H27N3O5/c1-4-28-19(25)16-17(14-9-8-13(26-2)12-15(14)27-3)21-20(22-18(16)24)23-10-6-5-7-11-23/h8-9,12,16-17H,4-7,10-11H2,1-3H3,(H,21,22,24)/t16-,17-/m1/s1. The summed E-state index contributed by atoms with van der Waals surface area (Å²) in [7, 11) is 3.10. The molecule has 28 heavy (non-hydrogen) atoms. The maximum Gasteiger partial charge on any atom is 0.321 e. The van der Waals surface area contributed by atoms with Crippen molar-refractivity contribution in [3.05, 3.63) is 23.8 Å². The second-order valence-corrected chi connectivity index (χ2v) is 6.77. The van der Waals surface area contributed by atoms with E-state index in [4.69, 9.17) is 19.2 Å². The number of ether oxygens (including phenoxy) is 3. The molecule has 1 saturated heterocycles. The Morgan fingerprint density at radius 3 is 2.61 bits per heavy atom. The summed E-state index contributed by atoms with van der Waals surface area (Å²) in [6, 6.07) is 4.54. The smallest absolute Gasteiger partial charge is 0.321 e. The van der Waals surface area contributed by atoms with Gasteiger partial charge in [-0.1, -0.05) is 0 Å². The molecule has 152 valence electrons. The maximum atomic E-state index is 12.9. The van der Waals surface area contributed by atoms with E-state index < -0.39 is 23.8 Å². The van der Waals surface area contributed by atoms with Crippen molar-refractivity contribution < 1.29 is 23.8 Å². The molecular weight excluding hydrogens is 362 g/mol. The highest BCUT2D eigenvalue weighted by atomic mass is 16.5. The predicted octanol–water partition coefficient (Wildman–Crippen LogP) is 1.90. The van der Waals surface area contributed by atoms with Crippen LogP contribution in [0.2, 0.25) is 0 Å². The van der Waals surface area contributed by atoms with Gasteiger partial charge in [-0.05, 0) is 38.3 Å². The fraction of sp³-hybridized carbons (Fsp3) is 0.550. The largest absolute Gasteiger partial charge is 0.497 e. The van der Waals surface area contributed by atoms with Crippen LogP contribution < -0.4 is 14.8 Å². The van der Waals surface area contributed by atoms with Crippen LogP contribution >= 0.6 is 0 Å². The lowest BCUT2D eigenvalue weighted by atomic mass is 9.90. The molecule has 2 atom stereocenters. The number of nitrogens with zero attached hydrogens (tertiary/aromatic N) is 2. The van der Waals surface area contributed by atoms with Crippen LogP contribution in [0.1, 0.15) is 37.8 Å². The summed E-state index contributed by atoms with van der Waals surface area (Å²) in [5, 5.41) is 2.81. The molecule has 1 aromatic carbocycles. The quantitative estimate of drug-likeness (QED) is 0.611. The first-order chi connectivity index (χ1) is 13.6. The number of likely N-dealkylation sites (tertiary alicyclic amines) is 1. The number of esters is 1. The van der Waals surface area contributed by atoms with E-state index in [-0.39, 0.29) is 6.61 Å². The third-order valence-electron chi connectivity index (χ3n) is 5.05. The SMILES string of the molecule is CCOC(=O)[C@H]1C(=O)NC(N2CCCCC2)=N[C@@H]1c1ccc(OC)cc1OC. The van der Waals surface area contributed by atoms with E-state index in [1.807, 2.05) is 0 Å². The van der Waals surface area contributed by atoms with Gasteiger partial charge in [-0.15, -0.1) is 0 Å². The van der Waals surface area contributed by atoms with Crippen LogP contribution in [0.3, 0.4) is 0 Å². The number of hydrogen-bond donors (Lipinski definition) is 1. The van der Waals surface area contributed by atoms with Gasteiger partial charge in [-0.25, -0.2) is 4.99 Å². The minimum Gasteiger partial charge on any atom is -0.497 e. The summed E-state index contributed by atoms with van der Waals surface area (Å²) in [5.74, 6) is -0.436. The number of piperidine rings is 1. The van der Waals surface area contributed by atoms with E-state index >= 15 is 0 Å². The summed E-state index contributed by atoms with van der Waals surface area (Å²) < 4.78 is 15.9. The Labute approximate surface area is 164 Å². The average Bonchev–Trinajstić information content (AvgIpc) is 2.73. The van der Waals surface area contributed by atoms with Gasteiger partial charge in [-0.3, -0.25) is 14.9 Å². The lowest BCUT2D eigenvalue weighted by Crippen LogP contribution is -2.53. The molecule has 2 heterocycles. The number of hydrogen-bond acceptors (Lipinski definition) is 7. The first-order valence-corrected chi connectivity index (χ1v) is 9.61. The Hall–Kier alpha value is -2.77. The average molecular weight is 389 g/mol. The fourth-order valence-electron chi connectivity index (χ4n) is 3.62. The van der Waals surface area contributed by atoms with E-state index in [0.717, 1.165) is 25.9 Å². The molecule has 1 amide bonds. The molecule has 0 saturated carbocycles. The Morgan fingerprint density at radius 1 is 1.21 bits per heavy atom. The summed E-state index contributed by atoms with van der Waals surface area (Å²) in [5.41, 5.74) is 0.644. The molecule has 8 nitrogen and oxygen atoms in total. The summed E-state index contributed by atoms with van der Waals surface area (Å²) in [6.07, 6.45) is 3.26. The number of methoxy groups -OCH3 is 2. The molecule has 1 N–H and O–H groups in total. The predicted molar refractivity (Wildman–Crippen MR) is 103 cm³/mol. The van der Waals surface area contributed by atoms with Gasteiger partial charge in [0, 0.05) is 24.7 Å². The number of amides is 1. The van der Waals surface area contributed by atoms with Crippen molar-refractivity contribution in [3.8, 4) is 11.5 Å². The second-order valence-electron chi connectivity index (χ2n) is 6.77. The maximum absolute atomic E-state index is 12.9. The van der Waals surface area contributed by atoms with Crippen LogP contribution in [-0.2, 0) is 14.3 Å². The normalized spacial score (nSPS) is 22.2. The molecule has 2 aliphatic heterocycles. The van der Waals surface area contributed by atoms with Crippen molar-refractivity contribution in [1.29, 1.82) is 0 Å². The van der Waals surface area contributed by atoms with Crippen LogP contribution in [0, 0.1) is 5.92 Å². The van der Waals surface area contributed by atoms with Gasteiger partial charge in [0.25, 0.3) is 0 Å². The summed E-state index contributed by atoms with van der Waals surface area (Å²) in [4.78, 5) is 32.3.